The predicted octanol–water partition coefficient (Wildman–Crippen LogP) is 3.23. The zero-order valence-corrected chi connectivity index (χ0v) is 12.9. The third kappa shape index (κ3) is 3.62. The van der Waals surface area contributed by atoms with Crippen molar-refractivity contribution < 1.29 is 9.47 Å². The van der Waals surface area contributed by atoms with Gasteiger partial charge in [0.15, 0.2) is 0 Å². The van der Waals surface area contributed by atoms with E-state index in [0.29, 0.717) is 24.2 Å². The molecule has 0 spiro atoms. The van der Waals surface area contributed by atoms with Gasteiger partial charge in [-0.05, 0) is 23.6 Å². The first-order valence-electron chi connectivity index (χ1n) is 6.91. The van der Waals surface area contributed by atoms with Crippen LogP contribution in [0.4, 0.5) is 5.69 Å². The van der Waals surface area contributed by atoms with E-state index in [0.717, 1.165) is 11.3 Å². The quantitative estimate of drug-likeness (QED) is 0.884. The third-order valence-electron chi connectivity index (χ3n) is 3.28. The van der Waals surface area contributed by atoms with Crippen molar-refractivity contribution in [2.75, 3.05) is 19.5 Å². The number of aromatic nitrogens is 2. The summed E-state index contributed by atoms with van der Waals surface area (Å²) in [6.45, 7) is 4.89. The number of hydrogen-bond donors (Lipinski definition) is 1. The van der Waals surface area contributed by atoms with Crippen LogP contribution in [0.25, 0.3) is 0 Å². The minimum Gasteiger partial charge on any atom is -0.481 e. The van der Waals surface area contributed by atoms with Crippen LogP contribution in [0.3, 0.4) is 0 Å². The standard InChI is InChI=1S/C16H21N3O2/c1-11(2)12-6-5-7-13(8-12)17-9-14-15(20-3)18-10-19-16(14)21-4/h5-8,10-11,17H,9H2,1-4H3. The zero-order chi connectivity index (χ0) is 15.2. The maximum atomic E-state index is 5.27. The van der Waals surface area contributed by atoms with Crippen LogP contribution < -0.4 is 14.8 Å². The Morgan fingerprint density at radius 1 is 1.10 bits per heavy atom. The van der Waals surface area contributed by atoms with Gasteiger partial charge in [0, 0.05) is 5.69 Å². The van der Waals surface area contributed by atoms with Crippen molar-refractivity contribution in [2.24, 2.45) is 0 Å². The molecule has 2 aromatic rings. The molecule has 0 fully saturated rings. The molecule has 5 heteroatoms. The summed E-state index contributed by atoms with van der Waals surface area (Å²) in [7, 11) is 3.18. The van der Waals surface area contributed by atoms with Gasteiger partial charge in [0.2, 0.25) is 11.8 Å². The van der Waals surface area contributed by atoms with Gasteiger partial charge in [0.05, 0.1) is 26.3 Å². The maximum absolute atomic E-state index is 5.27. The highest BCUT2D eigenvalue weighted by molar-refractivity contribution is 5.48. The number of methoxy groups -OCH3 is 2. The summed E-state index contributed by atoms with van der Waals surface area (Å²) < 4.78 is 10.5. The van der Waals surface area contributed by atoms with E-state index >= 15 is 0 Å². The fourth-order valence-corrected chi connectivity index (χ4v) is 2.08. The van der Waals surface area contributed by atoms with Gasteiger partial charge in [0.1, 0.15) is 6.33 Å². The minimum absolute atomic E-state index is 0.496. The van der Waals surface area contributed by atoms with Crippen LogP contribution in [-0.4, -0.2) is 24.2 Å². The van der Waals surface area contributed by atoms with Crippen molar-refractivity contribution in [3.63, 3.8) is 0 Å². The molecule has 0 saturated heterocycles. The SMILES string of the molecule is COc1ncnc(OC)c1CNc1cccc(C(C)C)c1. The molecule has 2 rings (SSSR count). The smallest absolute Gasteiger partial charge is 0.225 e. The molecule has 0 bridgehead atoms. The van der Waals surface area contributed by atoms with Crippen molar-refractivity contribution in [1.82, 2.24) is 9.97 Å². The minimum atomic E-state index is 0.496. The number of nitrogens with zero attached hydrogens (tertiary/aromatic N) is 2. The van der Waals surface area contributed by atoms with Crippen molar-refractivity contribution in [3.8, 4) is 11.8 Å². The molecular weight excluding hydrogens is 266 g/mol. The fraction of sp³-hybridized carbons (Fsp3) is 0.375. The molecule has 0 aliphatic carbocycles. The summed E-state index contributed by atoms with van der Waals surface area (Å²) in [5.74, 6) is 1.54. The summed E-state index contributed by atoms with van der Waals surface area (Å²) >= 11 is 0. The Bertz CT molecular complexity index is 578. The van der Waals surface area contributed by atoms with Gasteiger partial charge < -0.3 is 14.8 Å². The summed E-state index contributed by atoms with van der Waals surface area (Å²) in [5, 5.41) is 3.37. The highest BCUT2D eigenvalue weighted by Gasteiger charge is 2.12. The molecule has 0 unspecified atom stereocenters. The number of rotatable bonds is 6. The van der Waals surface area contributed by atoms with Crippen molar-refractivity contribution in [3.05, 3.63) is 41.7 Å². The Kier molecular flexibility index (Phi) is 4.98. The molecule has 0 atom stereocenters. The van der Waals surface area contributed by atoms with E-state index < -0.39 is 0 Å². The lowest BCUT2D eigenvalue weighted by Crippen LogP contribution is -2.07. The van der Waals surface area contributed by atoms with Crippen LogP contribution in [0.1, 0.15) is 30.9 Å². The monoisotopic (exact) mass is 287 g/mol. The van der Waals surface area contributed by atoms with Crippen LogP contribution in [0.2, 0.25) is 0 Å². The maximum Gasteiger partial charge on any atom is 0.225 e. The molecule has 0 radical (unpaired) electrons. The summed E-state index contributed by atoms with van der Waals surface area (Å²) in [5.41, 5.74) is 3.15. The van der Waals surface area contributed by atoms with Crippen LogP contribution in [0, 0.1) is 0 Å². The van der Waals surface area contributed by atoms with E-state index in [-0.39, 0.29) is 0 Å². The van der Waals surface area contributed by atoms with Gasteiger partial charge in [-0.3, -0.25) is 0 Å². The summed E-state index contributed by atoms with van der Waals surface area (Å²) in [6, 6.07) is 8.36. The van der Waals surface area contributed by atoms with Gasteiger partial charge in [-0.15, -0.1) is 0 Å². The van der Waals surface area contributed by atoms with Crippen molar-refractivity contribution in [2.45, 2.75) is 26.3 Å². The van der Waals surface area contributed by atoms with Gasteiger partial charge in [-0.25, -0.2) is 9.97 Å². The van der Waals surface area contributed by atoms with Crippen molar-refractivity contribution >= 4 is 5.69 Å². The first-order valence-corrected chi connectivity index (χ1v) is 6.91. The van der Waals surface area contributed by atoms with Crippen molar-refractivity contribution in [1.29, 1.82) is 0 Å². The molecule has 0 saturated carbocycles. The number of benzene rings is 1. The second kappa shape index (κ2) is 6.92. The van der Waals surface area contributed by atoms with Crippen LogP contribution in [0.5, 0.6) is 11.8 Å². The lowest BCUT2D eigenvalue weighted by atomic mass is 10.0. The Morgan fingerprint density at radius 2 is 1.76 bits per heavy atom. The number of nitrogens with one attached hydrogen (secondary N) is 1. The third-order valence-corrected chi connectivity index (χ3v) is 3.28. The van der Waals surface area contributed by atoms with E-state index in [1.807, 2.05) is 12.1 Å². The normalized spacial score (nSPS) is 10.5. The lowest BCUT2D eigenvalue weighted by molar-refractivity contribution is 0.363. The van der Waals surface area contributed by atoms with E-state index in [1.165, 1.54) is 11.9 Å². The fourth-order valence-electron chi connectivity index (χ4n) is 2.08. The number of ether oxygens (including phenoxy) is 2. The molecule has 0 amide bonds. The molecule has 0 aliphatic heterocycles. The molecule has 5 nitrogen and oxygen atoms in total. The zero-order valence-electron chi connectivity index (χ0n) is 12.9. The number of hydrogen-bond acceptors (Lipinski definition) is 5. The lowest BCUT2D eigenvalue weighted by Gasteiger charge is -2.13. The Labute approximate surface area is 125 Å². The second-order valence-corrected chi connectivity index (χ2v) is 5.00. The summed E-state index contributed by atoms with van der Waals surface area (Å²) in [4.78, 5) is 8.22. The van der Waals surface area contributed by atoms with E-state index in [4.69, 9.17) is 9.47 Å². The van der Waals surface area contributed by atoms with Gasteiger partial charge in [-0.1, -0.05) is 26.0 Å². The topological polar surface area (TPSA) is 56.3 Å². The molecule has 1 aromatic heterocycles. The first kappa shape index (κ1) is 15.1. The Balaban J connectivity index is 2.18. The Morgan fingerprint density at radius 3 is 2.33 bits per heavy atom. The highest BCUT2D eigenvalue weighted by Crippen LogP contribution is 2.25. The molecule has 1 aromatic carbocycles. The predicted molar refractivity (Wildman–Crippen MR) is 83.0 cm³/mol. The van der Waals surface area contributed by atoms with Crippen LogP contribution in [0.15, 0.2) is 30.6 Å². The van der Waals surface area contributed by atoms with Gasteiger partial charge in [-0.2, -0.15) is 0 Å². The Hall–Kier alpha value is -2.30. The average Bonchev–Trinajstić information content (AvgIpc) is 2.52. The average molecular weight is 287 g/mol. The largest absolute Gasteiger partial charge is 0.481 e. The molecule has 1 N–H and O–H groups in total. The van der Waals surface area contributed by atoms with Gasteiger partial charge >= 0.3 is 0 Å². The first-order chi connectivity index (χ1) is 10.2. The summed E-state index contributed by atoms with van der Waals surface area (Å²) in [6.07, 6.45) is 1.43. The van der Waals surface area contributed by atoms with Gasteiger partial charge in [0.25, 0.3) is 0 Å². The number of anilines is 1. The molecule has 21 heavy (non-hydrogen) atoms. The van der Waals surface area contributed by atoms with E-state index in [2.05, 4.69) is 41.3 Å². The molecule has 0 aliphatic rings. The molecule has 112 valence electrons. The van der Waals surface area contributed by atoms with Crippen LogP contribution >= 0.6 is 0 Å². The van der Waals surface area contributed by atoms with E-state index in [9.17, 15) is 0 Å². The van der Waals surface area contributed by atoms with Crippen LogP contribution in [-0.2, 0) is 6.54 Å². The second-order valence-electron chi connectivity index (χ2n) is 5.00. The molecule has 1 heterocycles. The van der Waals surface area contributed by atoms with E-state index in [1.54, 1.807) is 14.2 Å². The molecular formula is C16H21N3O2. The highest BCUT2D eigenvalue weighted by atomic mass is 16.5.